The van der Waals surface area contributed by atoms with E-state index in [1.54, 1.807) is 0 Å². The van der Waals surface area contributed by atoms with Gasteiger partial charge in [-0.05, 0) is 32.2 Å². The lowest BCUT2D eigenvalue weighted by atomic mass is 10.1. The van der Waals surface area contributed by atoms with Gasteiger partial charge >= 0.3 is 0 Å². The van der Waals surface area contributed by atoms with Crippen molar-refractivity contribution in [3.8, 4) is 0 Å². The number of morpholine rings is 1. The topological polar surface area (TPSA) is 81.3 Å². The summed E-state index contributed by atoms with van der Waals surface area (Å²) >= 11 is 0. The number of guanidine groups is 1. The van der Waals surface area contributed by atoms with E-state index < -0.39 is 0 Å². The molecule has 2 aliphatic heterocycles. The lowest BCUT2D eigenvalue weighted by molar-refractivity contribution is -0.0318. The van der Waals surface area contributed by atoms with Crippen LogP contribution in [0.1, 0.15) is 25.7 Å². The molecule has 0 aromatic heterocycles. The van der Waals surface area contributed by atoms with E-state index in [0.29, 0.717) is 18.6 Å². The molecule has 0 amide bonds. The Bertz CT molecular complexity index is 329. The van der Waals surface area contributed by atoms with Gasteiger partial charge in [-0.2, -0.15) is 0 Å². The summed E-state index contributed by atoms with van der Waals surface area (Å²) in [6.07, 6.45) is 4.37. The number of hydrogen-bond donors (Lipinski definition) is 2. The maximum Gasteiger partial charge on any atom is 0.188 e. The van der Waals surface area contributed by atoms with E-state index in [-0.39, 0.29) is 0 Å². The predicted octanol–water partition coefficient (Wildman–Crippen LogP) is 0.199. The Hall–Kier alpha value is -0.890. The number of hydrogen-bond acceptors (Lipinski definition) is 5. The molecule has 0 unspecified atom stereocenters. The molecule has 0 spiro atoms. The molecule has 0 atom stereocenters. The molecular weight excluding hydrogens is 296 g/mol. The van der Waals surface area contributed by atoms with Gasteiger partial charge in [0.1, 0.15) is 0 Å². The average Bonchev–Trinajstić information content (AvgIpc) is 2.60. The van der Waals surface area contributed by atoms with Crippen LogP contribution in [0.15, 0.2) is 4.99 Å². The molecule has 0 aromatic carbocycles. The van der Waals surface area contributed by atoms with Crippen molar-refractivity contribution in [1.82, 2.24) is 10.2 Å². The monoisotopic (exact) mass is 328 g/mol. The number of rotatable bonds is 9. The molecule has 2 aliphatic rings. The van der Waals surface area contributed by atoms with E-state index in [1.807, 2.05) is 0 Å². The smallest absolute Gasteiger partial charge is 0.188 e. The Morgan fingerprint density at radius 3 is 2.65 bits per heavy atom. The second-order valence-corrected chi connectivity index (χ2v) is 6.04. The Labute approximate surface area is 139 Å². The molecule has 0 bridgehead atoms. The van der Waals surface area contributed by atoms with E-state index in [1.165, 1.54) is 0 Å². The molecule has 0 aromatic rings. The van der Waals surface area contributed by atoms with Crippen LogP contribution in [0.4, 0.5) is 0 Å². The lowest BCUT2D eigenvalue weighted by Crippen LogP contribution is -2.39. The van der Waals surface area contributed by atoms with Gasteiger partial charge in [-0.15, -0.1) is 0 Å². The first-order chi connectivity index (χ1) is 11.3. The van der Waals surface area contributed by atoms with Gasteiger partial charge in [-0.25, -0.2) is 0 Å². The zero-order valence-corrected chi connectivity index (χ0v) is 14.2. The van der Waals surface area contributed by atoms with E-state index in [9.17, 15) is 0 Å². The fourth-order valence-electron chi connectivity index (χ4n) is 2.76. The first kappa shape index (κ1) is 18.4. The SMILES string of the molecule is NC(=NCCCOC1CCOCC1)NCCCN1CCOCC1. The first-order valence-electron chi connectivity index (χ1n) is 8.88. The fourth-order valence-corrected chi connectivity index (χ4v) is 2.76. The third kappa shape index (κ3) is 8.50. The van der Waals surface area contributed by atoms with E-state index in [4.69, 9.17) is 19.9 Å². The van der Waals surface area contributed by atoms with Crippen molar-refractivity contribution < 1.29 is 14.2 Å². The zero-order valence-electron chi connectivity index (χ0n) is 14.2. The summed E-state index contributed by atoms with van der Waals surface area (Å²) in [7, 11) is 0. The first-order valence-corrected chi connectivity index (χ1v) is 8.88. The molecule has 7 heteroatoms. The lowest BCUT2D eigenvalue weighted by Gasteiger charge is -2.26. The summed E-state index contributed by atoms with van der Waals surface area (Å²) < 4.78 is 16.4. The van der Waals surface area contributed by atoms with E-state index in [2.05, 4.69) is 15.2 Å². The summed E-state index contributed by atoms with van der Waals surface area (Å²) in [6.45, 7) is 8.85. The minimum atomic E-state index is 0.364. The molecular formula is C16H32N4O3. The summed E-state index contributed by atoms with van der Waals surface area (Å²) in [5, 5.41) is 3.17. The highest BCUT2D eigenvalue weighted by atomic mass is 16.5. The predicted molar refractivity (Wildman–Crippen MR) is 90.8 cm³/mol. The van der Waals surface area contributed by atoms with E-state index in [0.717, 1.165) is 84.9 Å². The third-order valence-corrected chi connectivity index (χ3v) is 4.17. The highest BCUT2D eigenvalue weighted by Gasteiger charge is 2.13. The van der Waals surface area contributed by atoms with Crippen molar-refractivity contribution in [1.29, 1.82) is 0 Å². The summed E-state index contributed by atoms with van der Waals surface area (Å²) in [6, 6.07) is 0. The molecule has 3 N–H and O–H groups in total. The van der Waals surface area contributed by atoms with Crippen molar-refractivity contribution in [3.63, 3.8) is 0 Å². The number of ether oxygens (including phenoxy) is 3. The maximum absolute atomic E-state index is 5.87. The van der Waals surface area contributed by atoms with Gasteiger partial charge in [0.05, 0.1) is 19.3 Å². The summed E-state index contributed by atoms with van der Waals surface area (Å²) in [4.78, 5) is 6.76. The van der Waals surface area contributed by atoms with Crippen LogP contribution in [0.25, 0.3) is 0 Å². The minimum absolute atomic E-state index is 0.364. The van der Waals surface area contributed by atoms with Crippen molar-refractivity contribution in [3.05, 3.63) is 0 Å². The molecule has 0 radical (unpaired) electrons. The quantitative estimate of drug-likeness (QED) is 0.357. The largest absolute Gasteiger partial charge is 0.381 e. The van der Waals surface area contributed by atoms with Gasteiger partial charge in [0.25, 0.3) is 0 Å². The molecule has 134 valence electrons. The highest BCUT2D eigenvalue weighted by Crippen LogP contribution is 2.10. The van der Waals surface area contributed by atoms with Gasteiger partial charge in [-0.3, -0.25) is 9.89 Å². The van der Waals surface area contributed by atoms with Crippen molar-refractivity contribution in [2.45, 2.75) is 31.8 Å². The van der Waals surface area contributed by atoms with Crippen LogP contribution >= 0.6 is 0 Å². The number of aliphatic imine (C=N–C) groups is 1. The molecule has 2 rings (SSSR count). The molecule has 2 fully saturated rings. The molecule has 7 nitrogen and oxygen atoms in total. The standard InChI is InChI=1S/C16H32N4O3/c17-16(18-5-1-7-20-8-13-22-14-9-20)19-6-2-10-23-15-3-11-21-12-4-15/h15H,1-14H2,(H3,17,18,19). The average molecular weight is 328 g/mol. The fraction of sp³-hybridized carbons (Fsp3) is 0.938. The van der Waals surface area contributed by atoms with Crippen molar-refractivity contribution >= 4 is 5.96 Å². The summed E-state index contributed by atoms with van der Waals surface area (Å²) in [5.41, 5.74) is 5.87. The van der Waals surface area contributed by atoms with Crippen LogP contribution in [0, 0.1) is 0 Å². The van der Waals surface area contributed by atoms with Crippen molar-refractivity contribution in [2.24, 2.45) is 10.7 Å². The van der Waals surface area contributed by atoms with Crippen LogP contribution < -0.4 is 11.1 Å². The van der Waals surface area contributed by atoms with Gasteiger partial charge in [-0.1, -0.05) is 0 Å². The van der Waals surface area contributed by atoms with Crippen LogP contribution in [0.5, 0.6) is 0 Å². The van der Waals surface area contributed by atoms with Gasteiger partial charge < -0.3 is 25.3 Å². The van der Waals surface area contributed by atoms with Crippen molar-refractivity contribution in [2.75, 3.05) is 65.8 Å². The molecule has 0 aliphatic carbocycles. The highest BCUT2D eigenvalue weighted by molar-refractivity contribution is 5.77. The molecule has 2 heterocycles. The number of nitrogens with two attached hydrogens (primary N) is 1. The van der Waals surface area contributed by atoms with Crippen LogP contribution in [0.3, 0.4) is 0 Å². The van der Waals surface area contributed by atoms with Crippen LogP contribution in [-0.4, -0.2) is 82.7 Å². The molecule has 0 saturated carbocycles. The number of nitrogens with one attached hydrogen (secondary N) is 1. The second-order valence-electron chi connectivity index (χ2n) is 6.04. The Morgan fingerprint density at radius 1 is 1.13 bits per heavy atom. The minimum Gasteiger partial charge on any atom is -0.381 e. The van der Waals surface area contributed by atoms with Crippen LogP contribution in [0.2, 0.25) is 0 Å². The van der Waals surface area contributed by atoms with Gasteiger partial charge in [0.15, 0.2) is 5.96 Å². The normalized spacial score (nSPS) is 21.5. The second kappa shape index (κ2) is 11.6. The van der Waals surface area contributed by atoms with Crippen LogP contribution in [-0.2, 0) is 14.2 Å². The molecule has 2 saturated heterocycles. The van der Waals surface area contributed by atoms with Gasteiger partial charge in [0, 0.05) is 46.0 Å². The zero-order chi connectivity index (χ0) is 16.2. The third-order valence-electron chi connectivity index (χ3n) is 4.17. The van der Waals surface area contributed by atoms with Gasteiger partial charge in [0.2, 0.25) is 0 Å². The molecule has 23 heavy (non-hydrogen) atoms. The Morgan fingerprint density at radius 2 is 1.87 bits per heavy atom. The maximum atomic E-state index is 5.87. The number of nitrogens with zero attached hydrogens (tertiary/aromatic N) is 2. The Kier molecular flexibility index (Phi) is 9.32. The Balaban J connectivity index is 1.41. The summed E-state index contributed by atoms with van der Waals surface area (Å²) in [5.74, 6) is 0.540. The van der Waals surface area contributed by atoms with E-state index >= 15 is 0 Å².